The maximum absolute atomic E-state index is 12.0. The Bertz CT molecular complexity index is 392. The minimum absolute atomic E-state index is 0.124. The number of nitrogens with one attached hydrogen (secondary N) is 2. The summed E-state index contributed by atoms with van der Waals surface area (Å²) in [6, 6.07) is 1.80. The molecule has 4 N–H and O–H groups in total. The lowest BCUT2D eigenvalue weighted by molar-refractivity contribution is 0.0938. The van der Waals surface area contributed by atoms with Gasteiger partial charge in [0.05, 0.1) is 17.4 Å². The van der Waals surface area contributed by atoms with E-state index in [1.807, 2.05) is 6.92 Å². The van der Waals surface area contributed by atoms with Crippen LogP contribution in [0.1, 0.15) is 44.0 Å². The Labute approximate surface area is 108 Å². The van der Waals surface area contributed by atoms with Crippen LogP contribution in [-0.4, -0.2) is 16.9 Å². The van der Waals surface area contributed by atoms with Gasteiger partial charge in [0, 0.05) is 12.2 Å². The highest BCUT2D eigenvalue weighted by Crippen LogP contribution is 2.13. The van der Waals surface area contributed by atoms with Gasteiger partial charge < -0.3 is 10.7 Å². The Balaban J connectivity index is 2.59. The van der Waals surface area contributed by atoms with Gasteiger partial charge in [-0.1, -0.05) is 13.8 Å². The zero-order valence-corrected chi connectivity index (χ0v) is 11.2. The van der Waals surface area contributed by atoms with Gasteiger partial charge in [-0.05, 0) is 31.7 Å². The number of pyridine rings is 1. The zero-order chi connectivity index (χ0) is 13.5. The summed E-state index contributed by atoms with van der Waals surface area (Å²) in [6.45, 7) is 6.36. The van der Waals surface area contributed by atoms with Gasteiger partial charge in [-0.15, -0.1) is 0 Å². The van der Waals surface area contributed by atoms with Crippen LogP contribution in [0.15, 0.2) is 18.5 Å². The summed E-state index contributed by atoms with van der Waals surface area (Å²) in [6.07, 6.45) is 5.18. The van der Waals surface area contributed by atoms with Crippen molar-refractivity contribution in [1.29, 1.82) is 0 Å². The SMILES string of the molecule is CC(C)CCC(C)NC(=O)c1ccncc1NN. The predicted octanol–water partition coefficient (Wildman–Crippen LogP) is 1.92. The molecule has 1 unspecified atom stereocenters. The number of nitrogen functional groups attached to an aromatic ring is 1. The molecule has 0 bridgehead atoms. The summed E-state index contributed by atoms with van der Waals surface area (Å²) in [7, 11) is 0. The predicted molar refractivity (Wildman–Crippen MR) is 73.0 cm³/mol. The summed E-state index contributed by atoms with van der Waals surface area (Å²) in [4.78, 5) is 16.0. The number of carbonyl (C=O) groups excluding carboxylic acids is 1. The van der Waals surface area contributed by atoms with E-state index in [9.17, 15) is 4.79 Å². The number of hydrazine groups is 1. The van der Waals surface area contributed by atoms with Gasteiger partial charge in [0.1, 0.15) is 0 Å². The van der Waals surface area contributed by atoms with Crippen LogP contribution >= 0.6 is 0 Å². The third-order valence-electron chi connectivity index (χ3n) is 2.78. The van der Waals surface area contributed by atoms with Crippen molar-refractivity contribution in [3.05, 3.63) is 24.0 Å². The van der Waals surface area contributed by atoms with Gasteiger partial charge in [0.2, 0.25) is 0 Å². The molecule has 5 heteroatoms. The molecule has 1 aromatic heterocycles. The van der Waals surface area contributed by atoms with Crippen molar-refractivity contribution in [2.45, 2.75) is 39.7 Å². The smallest absolute Gasteiger partial charge is 0.253 e. The van der Waals surface area contributed by atoms with Crippen molar-refractivity contribution in [1.82, 2.24) is 10.3 Å². The molecular weight excluding hydrogens is 228 g/mol. The van der Waals surface area contributed by atoms with E-state index >= 15 is 0 Å². The summed E-state index contributed by atoms with van der Waals surface area (Å²) in [5.41, 5.74) is 3.53. The summed E-state index contributed by atoms with van der Waals surface area (Å²) >= 11 is 0. The molecule has 100 valence electrons. The highest BCUT2D eigenvalue weighted by molar-refractivity contribution is 5.99. The molecule has 1 amide bonds. The molecule has 1 aromatic rings. The number of amides is 1. The molecule has 0 aromatic carbocycles. The van der Waals surface area contributed by atoms with Crippen molar-refractivity contribution < 1.29 is 4.79 Å². The quantitative estimate of drug-likeness (QED) is 0.532. The number of rotatable bonds is 6. The van der Waals surface area contributed by atoms with E-state index in [0.717, 1.165) is 12.8 Å². The molecule has 5 nitrogen and oxygen atoms in total. The van der Waals surface area contributed by atoms with Gasteiger partial charge in [-0.3, -0.25) is 15.6 Å². The van der Waals surface area contributed by atoms with Crippen LogP contribution in [0.4, 0.5) is 5.69 Å². The lowest BCUT2D eigenvalue weighted by Gasteiger charge is -2.16. The monoisotopic (exact) mass is 250 g/mol. The Morgan fingerprint density at radius 2 is 2.11 bits per heavy atom. The molecule has 1 rings (SSSR count). The molecule has 0 saturated heterocycles. The molecule has 0 aliphatic rings. The molecule has 0 radical (unpaired) electrons. The van der Waals surface area contributed by atoms with Crippen molar-refractivity contribution in [3.8, 4) is 0 Å². The molecular formula is C13H22N4O. The number of nitrogens with two attached hydrogens (primary N) is 1. The van der Waals surface area contributed by atoms with Gasteiger partial charge in [-0.2, -0.15) is 0 Å². The lowest BCUT2D eigenvalue weighted by Crippen LogP contribution is -2.33. The molecule has 18 heavy (non-hydrogen) atoms. The van der Waals surface area contributed by atoms with Crippen molar-refractivity contribution in [2.75, 3.05) is 5.43 Å². The van der Waals surface area contributed by atoms with Crippen molar-refractivity contribution in [2.24, 2.45) is 11.8 Å². The van der Waals surface area contributed by atoms with Gasteiger partial charge in [0.15, 0.2) is 0 Å². The number of carbonyl (C=O) groups is 1. The van der Waals surface area contributed by atoms with E-state index in [4.69, 9.17) is 5.84 Å². The van der Waals surface area contributed by atoms with Crippen LogP contribution in [0.3, 0.4) is 0 Å². The number of hydrogen-bond donors (Lipinski definition) is 3. The maximum atomic E-state index is 12.0. The Hall–Kier alpha value is -1.62. The fourth-order valence-corrected chi connectivity index (χ4v) is 1.66. The van der Waals surface area contributed by atoms with Crippen molar-refractivity contribution in [3.63, 3.8) is 0 Å². The number of nitrogens with zero attached hydrogens (tertiary/aromatic N) is 1. The van der Waals surface area contributed by atoms with Crippen LogP contribution in [0.5, 0.6) is 0 Å². The average molecular weight is 250 g/mol. The highest BCUT2D eigenvalue weighted by Gasteiger charge is 2.13. The maximum Gasteiger partial charge on any atom is 0.253 e. The molecule has 0 spiro atoms. The van der Waals surface area contributed by atoms with E-state index < -0.39 is 0 Å². The third-order valence-corrected chi connectivity index (χ3v) is 2.78. The standard InChI is InChI=1S/C13H22N4O/c1-9(2)4-5-10(3)16-13(18)11-6-7-15-8-12(11)17-14/h6-10,17H,4-5,14H2,1-3H3,(H,16,18). The Morgan fingerprint density at radius 3 is 2.72 bits per heavy atom. The number of hydrogen-bond acceptors (Lipinski definition) is 4. The third kappa shape index (κ3) is 4.33. The number of aromatic nitrogens is 1. The molecule has 1 atom stereocenters. The molecule has 0 fully saturated rings. The number of anilines is 1. The van der Waals surface area contributed by atoms with E-state index in [2.05, 4.69) is 29.6 Å². The fourth-order valence-electron chi connectivity index (χ4n) is 1.66. The highest BCUT2D eigenvalue weighted by atomic mass is 16.1. The molecule has 1 heterocycles. The fraction of sp³-hybridized carbons (Fsp3) is 0.538. The van der Waals surface area contributed by atoms with Gasteiger partial charge in [-0.25, -0.2) is 0 Å². The normalized spacial score (nSPS) is 12.3. The second-order valence-corrected chi connectivity index (χ2v) is 4.91. The summed E-state index contributed by atoms with van der Waals surface area (Å²) in [5, 5.41) is 2.96. The second kappa shape index (κ2) is 6.96. The van der Waals surface area contributed by atoms with Crippen LogP contribution in [0.25, 0.3) is 0 Å². The first-order chi connectivity index (χ1) is 8.54. The second-order valence-electron chi connectivity index (χ2n) is 4.91. The molecule has 0 aliphatic heterocycles. The van der Waals surface area contributed by atoms with E-state index in [-0.39, 0.29) is 11.9 Å². The zero-order valence-electron chi connectivity index (χ0n) is 11.2. The summed E-state index contributed by atoms with van der Waals surface area (Å²) in [5.74, 6) is 5.87. The van der Waals surface area contributed by atoms with E-state index in [0.29, 0.717) is 17.2 Å². The van der Waals surface area contributed by atoms with Crippen LogP contribution in [-0.2, 0) is 0 Å². The molecule has 0 aliphatic carbocycles. The minimum Gasteiger partial charge on any atom is -0.350 e. The van der Waals surface area contributed by atoms with Crippen LogP contribution < -0.4 is 16.6 Å². The molecule has 0 saturated carbocycles. The summed E-state index contributed by atoms with van der Waals surface area (Å²) < 4.78 is 0. The Morgan fingerprint density at radius 1 is 1.39 bits per heavy atom. The first-order valence-corrected chi connectivity index (χ1v) is 6.26. The van der Waals surface area contributed by atoms with E-state index in [1.165, 1.54) is 6.20 Å². The lowest BCUT2D eigenvalue weighted by atomic mass is 10.0. The first-order valence-electron chi connectivity index (χ1n) is 6.26. The Kier molecular flexibility index (Phi) is 5.58. The van der Waals surface area contributed by atoms with E-state index in [1.54, 1.807) is 12.3 Å². The van der Waals surface area contributed by atoms with Crippen molar-refractivity contribution >= 4 is 11.6 Å². The topological polar surface area (TPSA) is 80.0 Å². The largest absolute Gasteiger partial charge is 0.350 e. The van der Waals surface area contributed by atoms with Crippen LogP contribution in [0.2, 0.25) is 0 Å². The average Bonchev–Trinajstić information content (AvgIpc) is 2.36. The van der Waals surface area contributed by atoms with Gasteiger partial charge >= 0.3 is 0 Å². The first kappa shape index (κ1) is 14.4. The van der Waals surface area contributed by atoms with Crippen LogP contribution in [0, 0.1) is 5.92 Å². The minimum atomic E-state index is -0.124. The van der Waals surface area contributed by atoms with Gasteiger partial charge in [0.25, 0.3) is 5.91 Å².